The molecule has 2 bridgehead atoms. The van der Waals surface area contributed by atoms with Gasteiger partial charge in [0.05, 0.1) is 11.6 Å². The molecule has 0 radical (unpaired) electrons. The molecular formula is C25H32N4O. The van der Waals surface area contributed by atoms with Crippen molar-refractivity contribution in [1.29, 1.82) is 5.26 Å². The summed E-state index contributed by atoms with van der Waals surface area (Å²) in [6.07, 6.45) is 4.93. The van der Waals surface area contributed by atoms with Gasteiger partial charge in [0.25, 0.3) is 0 Å². The number of nitriles is 1. The molecule has 2 unspecified atom stereocenters. The zero-order chi connectivity index (χ0) is 21.1. The van der Waals surface area contributed by atoms with Gasteiger partial charge in [0.1, 0.15) is 0 Å². The molecule has 2 aliphatic rings. The predicted octanol–water partition coefficient (Wildman–Crippen LogP) is 4.06. The molecule has 4 rings (SSSR count). The summed E-state index contributed by atoms with van der Waals surface area (Å²) in [6, 6.07) is 15.8. The first-order valence-corrected chi connectivity index (χ1v) is 11.4. The van der Waals surface area contributed by atoms with E-state index in [1.807, 2.05) is 18.2 Å². The highest BCUT2D eigenvalue weighted by Gasteiger charge is 2.41. The number of anilines is 1. The van der Waals surface area contributed by atoms with Crippen molar-refractivity contribution in [3.8, 4) is 6.07 Å². The van der Waals surface area contributed by atoms with Crippen molar-refractivity contribution in [3.05, 3.63) is 42.0 Å². The predicted molar refractivity (Wildman–Crippen MR) is 122 cm³/mol. The third kappa shape index (κ3) is 4.02. The minimum absolute atomic E-state index is 0.184. The zero-order valence-corrected chi connectivity index (χ0v) is 18.1. The maximum absolute atomic E-state index is 12.5. The van der Waals surface area contributed by atoms with Gasteiger partial charge < -0.3 is 15.1 Å². The number of carbonyl (C=O) groups is 1. The number of piperidine rings is 1. The van der Waals surface area contributed by atoms with Gasteiger partial charge in [-0.15, -0.1) is 0 Å². The van der Waals surface area contributed by atoms with Crippen LogP contribution in [0.2, 0.25) is 0 Å². The van der Waals surface area contributed by atoms with Crippen LogP contribution in [0, 0.1) is 11.3 Å². The topological polar surface area (TPSA) is 59.4 Å². The SMILES string of the molecule is CCN(CC)CCC(=O)NC1CC2CCC(C1)N2c1ccc(C#N)c2ccccc12. The highest BCUT2D eigenvalue weighted by Crippen LogP contribution is 2.42. The molecule has 158 valence electrons. The smallest absolute Gasteiger partial charge is 0.221 e. The van der Waals surface area contributed by atoms with E-state index in [-0.39, 0.29) is 11.9 Å². The third-order valence-corrected chi connectivity index (χ3v) is 6.95. The molecule has 1 N–H and O–H groups in total. The van der Waals surface area contributed by atoms with Crippen LogP contribution in [0.4, 0.5) is 5.69 Å². The Morgan fingerprint density at radius 3 is 2.40 bits per heavy atom. The first-order valence-electron chi connectivity index (χ1n) is 11.4. The maximum atomic E-state index is 12.5. The average Bonchev–Trinajstić information content (AvgIpc) is 3.03. The summed E-state index contributed by atoms with van der Waals surface area (Å²) in [5.74, 6) is 0.184. The number of amides is 1. The minimum Gasteiger partial charge on any atom is -0.365 e. The van der Waals surface area contributed by atoms with Gasteiger partial charge in [-0.05, 0) is 50.9 Å². The van der Waals surface area contributed by atoms with Gasteiger partial charge in [0.15, 0.2) is 0 Å². The van der Waals surface area contributed by atoms with Crippen LogP contribution in [0.1, 0.15) is 51.5 Å². The Bertz CT molecular complexity index is 932. The monoisotopic (exact) mass is 404 g/mol. The van der Waals surface area contributed by atoms with Crippen LogP contribution in [0.15, 0.2) is 36.4 Å². The molecule has 2 atom stereocenters. The summed E-state index contributed by atoms with van der Waals surface area (Å²) in [6.45, 7) is 7.10. The van der Waals surface area contributed by atoms with E-state index in [0.29, 0.717) is 18.5 Å². The van der Waals surface area contributed by atoms with E-state index in [1.54, 1.807) is 0 Å². The van der Waals surface area contributed by atoms with Crippen molar-refractivity contribution in [1.82, 2.24) is 10.2 Å². The van der Waals surface area contributed by atoms with Crippen molar-refractivity contribution >= 4 is 22.4 Å². The lowest BCUT2D eigenvalue weighted by atomic mass is 9.94. The summed E-state index contributed by atoms with van der Waals surface area (Å²) in [5.41, 5.74) is 1.97. The summed E-state index contributed by atoms with van der Waals surface area (Å²) in [5, 5.41) is 15.0. The molecule has 5 heteroatoms. The summed E-state index contributed by atoms with van der Waals surface area (Å²) in [7, 11) is 0. The number of hydrogen-bond donors (Lipinski definition) is 1. The third-order valence-electron chi connectivity index (χ3n) is 6.95. The molecule has 2 heterocycles. The van der Waals surface area contributed by atoms with Gasteiger partial charge in [-0.1, -0.05) is 38.1 Å². The molecule has 0 saturated carbocycles. The quantitative estimate of drug-likeness (QED) is 0.756. The molecule has 0 spiro atoms. The lowest BCUT2D eigenvalue weighted by molar-refractivity contribution is -0.122. The van der Waals surface area contributed by atoms with Crippen molar-refractivity contribution in [2.24, 2.45) is 0 Å². The Hall–Kier alpha value is -2.58. The molecule has 5 nitrogen and oxygen atoms in total. The fourth-order valence-corrected chi connectivity index (χ4v) is 5.39. The van der Waals surface area contributed by atoms with Gasteiger partial charge in [0, 0.05) is 47.6 Å². The van der Waals surface area contributed by atoms with Crippen molar-refractivity contribution < 1.29 is 4.79 Å². The van der Waals surface area contributed by atoms with Gasteiger partial charge in [-0.2, -0.15) is 5.26 Å². The van der Waals surface area contributed by atoms with E-state index in [9.17, 15) is 10.1 Å². The van der Waals surface area contributed by atoms with E-state index in [1.165, 1.54) is 18.5 Å². The number of carbonyl (C=O) groups excluding carboxylic acids is 1. The molecule has 2 aliphatic heterocycles. The summed E-state index contributed by atoms with van der Waals surface area (Å²) < 4.78 is 0. The number of hydrogen-bond acceptors (Lipinski definition) is 4. The number of nitrogens with zero attached hydrogens (tertiary/aromatic N) is 3. The molecule has 2 aromatic rings. The normalized spacial score (nSPS) is 23.0. The molecule has 1 amide bonds. The van der Waals surface area contributed by atoms with E-state index < -0.39 is 0 Å². The van der Waals surface area contributed by atoms with E-state index >= 15 is 0 Å². The largest absolute Gasteiger partial charge is 0.365 e. The lowest BCUT2D eigenvalue weighted by Gasteiger charge is -2.41. The molecule has 30 heavy (non-hydrogen) atoms. The van der Waals surface area contributed by atoms with Gasteiger partial charge in [-0.25, -0.2) is 0 Å². The second-order valence-electron chi connectivity index (χ2n) is 8.59. The van der Waals surface area contributed by atoms with Gasteiger partial charge in [-0.3, -0.25) is 4.79 Å². The van der Waals surface area contributed by atoms with Crippen LogP contribution in [0.5, 0.6) is 0 Å². The Labute approximate surface area is 179 Å². The standard InChI is InChI=1S/C25H32N4O/c1-3-28(4-2)14-13-25(30)27-19-15-20-10-11-21(16-19)29(20)24-12-9-18(17-26)22-7-5-6-8-23(22)24/h5-9,12,19-21H,3-4,10-11,13-16H2,1-2H3,(H,27,30). The molecule has 2 fully saturated rings. The molecular weight excluding hydrogens is 372 g/mol. The van der Waals surface area contributed by atoms with Crippen LogP contribution < -0.4 is 10.2 Å². The average molecular weight is 405 g/mol. The zero-order valence-electron chi connectivity index (χ0n) is 18.1. The van der Waals surface area contributed by atoms with Crippen molar-refractivity contribution in [2.75, 3.05) is 24.5 Å². The van der Waals surface area contributed by atoms with Crippen LogP contribution in [-0.4, -0.2) is 48.6 Å². The minimum atomic E-state index is 0.184. The Balaban J connectivity index is 1.46. The van der Waals surface area contributed by atoms with E-state index in [2.05, 4.69) is 53.2 Å². The lowest BCUT2D eigenvalue weighted by Crippen LogP contribution is -2.50. The molecule has 2 saturated heterocycles. The number of benzene rings is 2. The second kappa shape index (κ2) is 9.06. The van der Waals surface area contributed by atoms with Crippen LogP contribution in [-0.2, 0) is 4.79 Å². The number of fused-ring (bicyclic) bond motifs is 3. The van der Waals surface area contributed by atoms with Crippen LogP contribution >= 0.6 is 0 Å². The van der Waals surface area contributed by atoms with E-state index in [0.717, 1.165) is 48.8 Å². The van der Waals surface area contributed by atoms with Crippen molar-refractivity contribution in [2.45, 2.75) is 64.1 Å². The number of rotatable bonds is 7. The fourth-order valence-electron chi connectivity index (χ4n) is 5.39. The Kier molecular flexibility index (Phi) is 6.24. The molecule has 2 aromatic carbocycles. The highest BCUT2D eigenvalue weighted by atomic mass is 16.1. The van der Waals surface area contributed by atoms with E-state index in [4.69, 9.17) is 0 Å². The molecule has 0 aliphatic carbocycles. The summed E-state index contributed by atoms with van der Waals surface area (Å²) in [4.78, 5) is 17.4. The van der Waals surface area contributed by atoms with Crippen molar-refractivity contribution in [3.63, 3.8) is 0 Å². The number of nitrogens with one attached hydrogen (secondary N) is 1. The Morgan fingerprint density at radius 2 is 1.77 bits per heavy atom. The second-order valence-corrected chi connectivity index (χ2v) is 8.59. The fraction of sp³-hybridized carbons (Fsp3) is 0.520. The summed E-state index contributed by atoms with van der Waals surface area (Å²) >= 11 is 0. The van der Waals surface area contributed by atoms with Crippen LogP contribution in [0.3, 0.4) is 0 Å². The maximum Gasteiger partial charge on any atom is 0.221 e. The Morgan fingerprint density at radius 1 is 1.10 bits per heavy atom. The first-order chi connectivity index (χ1) is 14.6. The first kappa shape index (κ1) is 20.7. The van der Waals surface area contributed by atoms with Gasteiger partial charge in [0.2, 0.25) is 5.91 Å². The van der Waals surface area contributed by atoms with Crippen LogP contribution in [0.25, 0.3) is 10.8 Å². The van der Waals surface area contributed by atoms with Gasteiger partial charge >= 0.3 is 0 Å². The highest BCUT2D eigenvalue weighted by molar-refractivity contribution is 5.98. The molecule has 0 aromatic heterocycles.